The number of aromatic nitrogens is 2. The highest BCUT2D eigenvalue weighted by atomic mass is 16.5. The summed E-state index contributed by atoms with van der Waals surface area (Å²) in [4.78, 5) is 8.26. The van der Waals surface area contributed by atoms with E-state index in [-0.39, 0.29) is 23.0 Å². The van der Waals surface area contributed by atoms with Gasteiger partial charge in [0.2, 0.25) is 0 Å². The first-order valence-corrected chi connectivity index (χ1v) is 9.85. The van der Waals surface area contributed by atoms with Crippen molar-refractivity contribution in [3.63, 3.8) is 0 Å². The third-order valence-corrected chi connectivity index (χ3v) is 7.37. The summed E-state index contributed by atoms with van der Waals surface area (Å²) < 4.78 is 12.1. The lowest BCUT2D eigenvalue weighted by molar-refractivity contribution is -0.164. The minimum atomic E-state index is -0.252. The Labute approximate surface area is 159 Å². The van der Waals surface area contributed by atoms with Crippen LogP contribution >= 0.6 is 0 Å². The molecule has 2 bridgehead atoms. The topological polar surface area (TPSA) is 64.5 Å². The van der Waals surface area contributed by atoms with E-state index < -0.39 is 0 Å². The van der Waals surface area contributed by atoms with Gasteiger partial charge in [-0.1, -0.05) is 26.0 Å². The summed E-state index contributed by atoms with van der Waals surface area (Å²) in [5.41, 5.74) is 1.12. The highest BCUT2D eigenvalue weighted by Gasteiger charge is 2.68. The maximum atomic E-state index is 11.2. The molecule has 5 rings (SSSR count). The van der Waals surface area contributed by atoms with Crippen molar-refractivity contribution in [1.29, 1.82) is 0 Å². The highest BCUT2D eigenvalue weighted by molar-refractivity contribution is 5.33. The number of nitrogens with zero attached hydrogens (tertiary/aromatic N) is 2. The van der Waals surface area contributed by atoms with Gasteiger partial charge in [-0.25, -0.2) is 9.97 Å². The monoisotopic (exact) mass is 366 g/mol. The second-order valence-electron chi connectivity index (χ2n) is 8.95. The lowest BCUT2D eigenvalue weighted by Gasteiger charge is -2.51. The summed E-state index contributed by atoms with van der Waals surface area (Å²) in [6.07, 6.45) is 6.30. The number of aliphatic hydroxyl groups excluding tert-OH is 1. The van der Waals surface area contributed by atoms with E-state index >= 15 is 0 Å². The van der Waals surface area contributed by atoms with E-state index in [0.29, 0.717) is 30.2 Å². The average molecular weight is 366 g/mol. The molecule has 2 aromatic rings. The van der Waals surface area contributed by atoms with E-state index in [4.69, 9.17) is 9.47 Å². The number of fused-ring (bicyclic) bond motifs is 1. The molecule has 1 spiro atoms. The SMILES string of the molecule is CC1(C)[C@@H]2C[C@@H]3[C@@H](c4cccc(Oc5ncccn5)c4)OCC[C@@]3(C2)[C@@H]1O. The maximum Gasteiger partial charge on any atom is 0.321 e. The molecule has 3 aliphatic rings. The molecule has 5 heteroatoms. The van der Waals surface area contributed by atoms with Gasteiger partial charge in [0.15, 0.2) is 0 Å². The van der Waals surface area contributed by atoms with E-state index in [0.717, 1.165) is 24.8 Å². The number of ether oxygens (including phenoxy) is 2. The first kappa shape index (κ1) is 17.1. The van der Waals surface area contributed by atoms with Gasteiger partial charge in [0.05, 0.1) is 12.2 Å². The standard InChI is InChI=1S/C22H26N2O3/c1-21(2)15-12-17-18(26-10-7-22(17,13-15)19(21)25)14-5-3-6-16(11-14)27-20-23-8-4-9-24-20/h3-6,8-9,11,15,17-19,25H,7,10,12-13H2,1-2H3/t15-,17-,18-,19-,22+/m1/s1. The number of hydrogen-bond donors (Lipinski definition) is 1. The third kappa shape index (κ3) is 2.52. The van der Waals surface area contributed by atoms with Crippen LogP contribution in [0.15, 0.2) is 42.7 Å². The number of aliphatic hydroxyl groups is 1. The largest absolute Gasteiger partial charge is 0.424 e. The smallest absolute Gasteiger partial charge is 0.321 e. The lowest BCUT2D eigenvalue weighted by Crippen LogP contribution is -2.51. The minimum Gasteiger partial charge on any atom is -0.424 e. The minimum absolute atomic E-state index is 0.00349. The zero-order valence-electron chi connectivity index (χ0n) is 15.8. The van der Waals surface area contributed by atoms with E-state index in [1.807, 2.05) is 18.2 Å². The molecule has 1 aliphatic heterocycles. The molecule has 1 aromatic heterocycles. The summed E-state index contributed by atoms with van der Waals surface area (Å²) in [5, 5.41) is 11.2. The van der Waals surface area contributed by atoms with E-state index in [1.54, 1.807) is 18.5 Å². The van der Waals surface area contributed by atoms with Crippen LogP contribution in [0.5, 0.6) is 11.8 Å². The molecule has 1 saturated heterocycles. The van der Waals surface area contributed by atoms with Crippen molar-refractivity contribution >= 4 is 0 Å². The Bertz CT molecular complexity index is 840. The quantitative estimate of drug-likeness (QED) is 0.884. The summed E-state index contributed by atoms with van der Waals surface area (Å²) in [7, 11) is 0. The fourth-order valence-electron chi connectivity index (χ4n) is 5.95. The van der Waals surface area contributed by atoms with Crippen LogP contribution in [-0.2, 0) is 4.74 Å². The maximum absolute atomic E-state index is 11.2. The summed E-state index contributed by atoms with van der Waals surface area (Å²) in [6.45, 7) is 5.16. The summed E-state index contributed by atoms with van der Waals surface area (Å²) in [6, 6.07) is 10.1. The van der Waals surface area contributed by atoms with Gasteiger partial charge in [0.25, 0.3) is 0 Å². The van der Waals surface area contributed by atoms with Crippen molar-refractivity contribution in [3.05, 3.63) is 48.3 Å². The van der Waals surface area contributed by atoms with Crippen LogP contribution < -0.4 is 4.74 Å². The molecule has 3 fully saturated rings. The van der Waals surface area contributed by atoms with Gasteiger partial charge in [-0.15, -0.1) is 0 Å². The van der Waals surface area contributed by atoms with Gasteiger partial charge in [-0.2, -0.15) is 0 Å². The fourth-order valence-corrected chi connectivity index (χ4v) is 5.95. The summed E-state index contributed by atoms with van der Waals surface area (Å²) in [5.74, 6) is 1.65. The average Bonchev–Trinajstić information content (AvgIpc) is 3.16. The van der Waals surface area contributed by atoms with Crippen molar-refractivity contribution in [2.45, 2.75) is 45.3 Å². The van der Waals surface area contributed by atoms with Gasteiger partial charge >= 0.3 is 6.01 Å². The molecule has 2 aliphatic carbocycles. The van der Waals surface area contributed by atoms with Crippen LogP contribution in [-0.4, -0.2) is 27.8 Å². The van der Waals surface area contributed by atoms with Crippen LogP contribution in [0.4, 0.5) is 0 Å². The van der Waals surface area contributed by atoms with Gasteiger partial charge in [-0.05, 0) is 60.3 Å². The van der Waals surface area contributed by atoms with E-state index in [9.17, 15) is 5.11 Å². The lowest BCUT2D eigenvalue weighted by atomic mass is 9.60. The molecule has 0 radical (unpaired) electrons. The second-order valence-corrected chi connectivity index (χ2v) is 8.95. The molecule has 0 unspecified atom stereocenters. The fraction of sp³-hybridized carbons (Fsp3) is 0.545. The van der Waals surface area contributed by atoms with Crippen molar-refractivity contribution in [2.24, 2.45) is 22.7 Å². The zero-order chi connectivity index (χ0) is 18.6. The Morgan fingerprint density at radius 3 is 2.78 bits per heavy atom. The Balaban J connectivity index is 1.43. The van der Waals surface area contributed by atoms with Crippen molar-refractivity contribution < 1.29 is 14.6 Å². The molecule has 2 heterocycles. The Kier molecular flexibility index (Phi) is 3.82. The Morgan fingerprint density at radius 1 is 1.19 bits per heavy atom. The third-order valence-electron chi connectivity index (χ3n) is 7.37. The van der Waals surface area contributed by atoms with E-state index in [2.05, 4.69) is 29.9 Å². The predicted octanol–water partition coefficient (Wildman–Crippen LogP) is 4.14. The van der Waals surface area contributed by atoms with E-state index in [1.165, 1.54) is 0 Å². The molecule has 1 N–H and O–H groups in total. The van der Waals surface area contributed by atoms with Gasteiger partial charge in [0, 0.05) is 24.4 Å². The van der Waals surface area contributed by atoms with Crippen LogP contribution in [0.1, 0.15) is 44.8 Å². The van der Waals surface area contributed by atoms with Gasteiger partial charge < -0.3 is 14.6 Å². The van der Waals surface area contributed by atoms with Crippen molar-refractivity contribution in [1.82, 2.24) is 9.97 Å². The van der Waals surface area contributed by atoms with Crippen LogP contribution in [0, 0.1) is 22.7 Å². The van der Waals surface area contributed by atoms with Crippen LogP contribution in [0.2, 0.25) is 0 Å². The molecule has 5 atom stereocenters. The summed E-state index contributed by atoms with van der Waals surface area (Å²) >= 11 is 0. The zero-order valence-corrected chi connectivity index (χ0v) is 15.8. The predicted molar refractivity (Wildman–Crippen MR) is 100 cm³/mol. The molecule has 0 amide bonds. The Hall–Kier alpha value is -1.98. The highest BCUT2D eigenvalue weighted by Crippen LogP contribution is 2.70. The van der Waals surface area contributed by atoms with Crippen LogP contribution in [0.3, 0.4) is 0 Å². The normalized spacial score (nSPS) is 36.4. The molecule has 27 heavy (non-hydrogen) atoms. The molecule has 142 valence electrons. The number of hydrogen-bond acceptors (Lipinski definition) is 5. The van der Waals surface area contributed by atoms with Crippen molar-refractivity contribution in [2.75, 3.05) is 6.61 Å². The first-order chi connectivity index (χ1) is 13.0. The molecular formula is C22H26N2O3. The van der Waals surface area contributed by atoms with Crippen molar-refractivity contribution in [3.8, 4) is 11.8 Å². The van der Waals surface area contributed by atoms with Crippen LogP contribution in [0.25, 0.3) is 0 Å². The second kappa shape index (κ2) is 6.01. The molecule has 1 aromatic carbocycles. The Morgan fingerprint density at radius 2 is 2.00 bits per heavy atom. The molecule has 2 saturated carbocycles. The van der Waals surface area contributed by atoms with Gasteiger partial charge in [-0.3, -0.25) is 0 Å². The number of benzene rings is 1. The number of rotatable bonds is 3. The first-order valence-electron chi connectivity index (χ1n) is 9.85. The molecule has 5 nitrogen and oxygen atoms in total. The molecular weight excluding hydrogens is 340 g/mol. The van der Waals surface area contributed by atoms with Gasteiger partial charge in [0.1, 0.15) is 5.75 Å².